The molecule has 0 aromatic heterocycles. The quantitative estimate of drug-likeness (QED) is 0.847. The molecule has 0 aliphatic rings. The SMILES string of the molecule is CC(CCc1ccccc1)NC(=O)c1cccc(CS(C)=O)c1. The van der Waals surface area contributed by atoms with E-state index in [2.05, 4.69) is 17.4 Å². The summed E-state index contributed by atoms with van der Waals surface area (Å²) in [5.41, 5.74) is 2.83. The van der Waals surface area contributed by atoms with Crippen LogP contribution in [0.25, 0.3) is 0 Å². The first-order chi connectivity index (χ1) is 11.0. The fraction of sp³-hybridized carbons (Fsp3) is 0.316. The van der Waals surface area contributed by atoms with Gasteiger partial charge in [0.1, 0.15) is 0 Å². The normalized spacial score (nSPS) is 13.3. The molecule has 1 N–H and O–H groups in total. The Bertz CT molecular complexity index is 670. The molecule has 3 nitrogen and oxygen atoms in total. The molecule has 0 radical (unpaired) electrons. The summed E-state index contributed by atoms with van der Waals surface area (Å²) in [5, 5.41) is 3.03. The van der Waals surface area contributed by atoms with Gasteiger partial charge in [-0.15, -0.1) is 0 Å². The summed E-state index contributed by atoms with van der Waals surface area (Å²) < 4.78 is 11.3. The molecule has 0 saturated carbocycles. The van der Waals surface area contributed by atoms with Gasteiger partial charge >= 0.3 is 0 Å². The van der Waals surface area contributed by atoms with Crippen molar-refractivity contribution in [3.05, 3.63) is 71.3 Å². The molecule has 122 valence electrons. The zero-order valence-corrected chi connectivity index (χ0v) is 14.4. The lowest BCUT2D eigenvalue weighted by Crippen LogP contribution is -2.32. The first-order valence-electron chi connectivity index (χ1n) is 7.78. The van der Waals surface area contributed by atoms with Gasteiger partial charge in [0, 0.05) is 34.4 Å². The van der Waals surface area contributed by atoms with Crippen LogP contribution in [-0.2, 0) is 23.0 Å². The van der Waals surface area contributed by atoms with Gasteiger partial charge in [0.15, 0.2) is 0 Å². The first-order valence-corrected chi connectivity index (χ1v) is 9.51. The molecule has 0 heterocycles. The Morgan fingerprint density at radius 2 is 1.78 bits per heavy atom. The lowest BCUT2D eigenvalue weighted by molar-refractivity contribution is 0.0938. The van der Waals surface area contributed by atoms with Gasteiger partial charge in [0.2, 0.25) is 0 Å². The molecule has 23 heavy (non-hydrogen) atoms. The second-order valence-electron chi connectivity index (χ2n) is 5.82. The van der Waals surface area contributed by atoms with E-state index in [4.69, 9.17) is 0 Å². The Morgan fingerprint density at radius 1 is 1.09 bits per heavy atom. The summed E-state index contributed by atoms with van der Waals surface area (Å²) >= 11 is 0. The maximum atomic E-state index is 12.3. The Balaban J connectivity index is 1.89. The highest BCUT2D eigenvalue weighted by atomic mass is 32.2. The van der Waals surface area contributed by atoms with Crippen LogP contribution in [0.15, 0.2) is 54.6 Å². The monoisotopic (exact) mass is 329 g/mol. The summed E-state index contributed by atoms with van der Waals surface area (Å²) in [7, 11) is -0.905. The number of rotatable bonds is 7. The van der Waals surface area contributed by atoms with Gasteiger partial charge in [-0.2, -0.15) is 0 Å². The number of hydrogen-bond donors (Lipinski definition) is 1. The largest absolute Gasteiger partial charge is 0.350 e. The van der Waals surface area contributed by atoms with E-state index in [0.29, 0.717) is 11.3 Å². The molecular weight excluding hydrogens is 306 g/mol. The molecule has 2 atom stereocenters. The molecule has 0 aliphatic heterocycles. The van der Waals surface area contributed by atoms with Crippen LogP contribution in [-0.4, -0.2) is 22.4 Å². The summed E-state index contributed by atoms with van der Waals surface area (Å²) in [6.07, 6.45) is 3.50. The van der Waals surface area contributed by atoms with Crippen molar-refractivity contribution in [2.45, 2.75) is 31.6 Å². The van der Waals surface area contributed by atoms with Crippen molar-refractivity contribution in [2.75, 3.05) is 6.26 Å². The minimum Gasteiger partial charge on any atom is -0.350 e. The van der Waals surface area contributed by atoms with E-state index in [1.807, 2.05) is 43.3 Å². The third kappa shape index (κ3) is 5.99. The van der Waals surface area contributed by atoms with Crippen molar-refractivity contribution in [3.63, 3.8) is 0 Å². The minimum absolute atomic E-state index is 0.0747. The van der Waals surface area contributed by atoms with Crippen LogP contribution in [0.2, 0.25) is 0 Å². The minimum atomic E-state index is -0.905. The van der Waals surface area contributed by atoms with Crippen molar-refractivity contribution < 1.29 is 9.00 Å². The van der Waals surface area contributed by atoms with Gasteiger partial charge in [0.05, 0.1) is 0 Å². The Morgan fingerprint density at radius 3 is 2.48 bits per heavy atom. The van der Waals surface area contributed by atoms with Crippen molar-refractivity contribution >= 4 is 16.7 Å². The van der Waals surface area contributed by atoms with Crippen LogP contribution >= 0.6 is 0 Å². The zero-order valence-electron chi connectivity index (χ0n) is 13.6. The second kappa shape index (κ2) is 8.63. The predicted molar refractivity (Wildman–Crippen MR) is 95.9 cm³/mol. The van der Waals surface area contributed by atoms with Crippen molar-refractivity contribution in [2.24, 2.45) is 0 Å². The van der Waals surface area contributed by atoms with E-state index >= 15 is 0 Å². The molecule has 0 fully saturated rings. The van der Waals surface area contributed by atoms with Crippen molar-refractivity contribution in [1.29, 1.82) is 0 Å². The van der Waals surface area contributed by atoms with Gasteiger partial charge in [-0.05, 0) is 43.0 Å². The van der Waals surface area contributed by atoms with Gasteiger partial charge in [-0.1, -0.05) is 42.5 Å². The molecule has 2 aromatic rings. The Kier molecular flexibility index (Phi) is 6.53. The Labute approximate surface area is 140 Å². The van der Waals surface area contributed by atoms with Crippen LogP contribution in [0, 0.1) is 0 Å². The number of aryl methyl sites for hydroxylation is 1. The van der Waals surface area contributed by atoms with Crippen LogP contribution in [0.5, 0.6) is 0 Å². The average molecular weight is 329 g/mol. The number of amides is 1. The van der Waals surface area contributed by atoms with E-state index in [0.717, 1.165) is 18.4 Å². The van der Waals surface area contributed by atoms with E-state index in [1.54, 1.807) is 12.3 Å². The van der Waals surface area contributed by atoms with Crippen LogP contribution < -0.4 is 5.32 Å². The fourth-order valence-corrected chi connectivity index (χ4v) is 3.09. The smallest absolute Gasteiger partial charge is 0.251 e. The summed E-state index contributed by atoms with van der Waals surface area (Å²) in [5.74, 6) is 0.402. The van der Waals surface area contributed by atoms with E-state index in [9.17, 15) is 9.00 Å². The molecule has 0 bridgehead atoms. The molecule has 0 aliphatic carbocycles. The van der Waals surface area contributed by atoms with Crippen LogP contribution in [0.4, 0.5) is 0 Å². The average Bonchev–Trinajstić information content (AvgIpc) is 2.53. The zero-order chi connectivity index (χ0) is 16.7. The van der Waals surface area contributed by atoms with Gasteiger partial charge in [-0.25, -0.2) is 0 Å². The molecule has 0 saturated heterocycles. The van der Waals surface area contributed by atoms with E-state index < -0.39 is 10.8 Å². The molecule has 2 unspecified atom stereocenters. The summed E-state index contributed by atoms with van der Waals surface area (Å²) in [6, 6.07) is 17.7. The fourth-order valence-electron chi connectivity index (χ4n) is 2.44. The number of carbonyl (C=O) groups is 1. The molecule has 2 aromatic carbocycles. The first kappa shape index (κ1) is 17.4. The lowest BCUT2D eigenvalue weighted by Gasteiger charge is -2.14. The topological polar surface area (TPSA) is 46.2 Å². The number of hydrogen-bond acceptors (Lipinski definition) is 2. The maximum Gasteiger partial charge on any atom is 0.251 e. The van der Waals surface area contributed by atoms with Gasteiger partial charge in [-0.3, -0.25) is 9.00 Å². The third-order valence-corrected chi connectivity index (χ3v) is 4.39. The maximum absolute atomic E-state index is 12.3. The number of benzene rings is 2. The van der Waals surface area contributed by atoms with Crippen molar-refractivity contribution in [3.8, 4) is 0 Å². The van der Waals surface area contributed by atoms with Gasteiger partial charge in [0.25, 0.3) is 5.91 Å². The third-order valence-electron chi connectivity index (χ3n) is 3.65. The molecular formula is C19H23NO2S. The van der Waals surface area contributed by atoms with E-state index in [-0.39, 0.29) is 11.9 Å². The van der Waals surface area contributed by atoms with Crippen LogP contribution in [0.3, 0.4) is 0 Å². The Hall–Kier alpha value is -1.94. The molecule has 1 amide bonds. The highest BCUT2D eigenvalue weighted by molar-refractivity contribution is 7.83. The van der Waals surface area contributed by atoms with Gasteiger partial charge < -0.3 is 5.32 Å². The highest BCUT2D eigenvalue weighted by Gasteiger charge is 2.10. The standard InChI is InChI=1S/C19H23NO2S/c1-15(11-12-16-7-4-3-5-8-16)20-19(21)18-10-6-9-17(13-18)14-23(2)22/h3-10,13,15H,11-12,14H2,1-2H3,(H,20,21). The lowest BCUT2D eigenvalue weighted by atomic mass is 10.1. The number of nitrogens with one attached hydrogen (secondary N) is 1. The molecule has 0 spiro atoms. The summed E-state index contributed by atoms with van der Waals surface area (Å²) in [4.78, 5) is 12.3. The number of carbonyl (C=O) groups excluding carboxylic acids is 1. The van der Waals surface area contributed by atoms with Crippen molar-refractivity contribution in [1.82, 2.24) is 5.32 Å². The van der Waals surface area contributed by atoms with E-state index in [1.165, 1.54) is 5.56 Å². The summed E-state index contributed by atoms with van der Waals surface area (Å²) in [6.45, 7) is 2.02. The molecule has 4 heteroatoms. The van der Waals surface area contributed by atoms with Crippen LogP contribution in [0.1, 0.15) is 34.8 Å². The predicted octanol–water partition coefficient (Wildman–Crippen LogP) is 3.32. The second-order valence-corrected chi connectivity index (χ2v) is 7.25. The molecule has 2 rings (SSSR count). The highest BCUT2D eigenvalue weighted by Crippen LogP contribution is 2.09.